The molecule has 6 heterocycles. The van der Waals surface area contributed by atoms with Crippen LogP contribution in [0.3, 0.4) is 0 Å². The molecular formula is C36H40N8O8. The molecule has 8 rings (SSSR count). The number of carbonyl (C=O) groups excluding carboxylic acids is 4. The number of hydrogen-bond acceptors (Lipinski definition) is 10. The van der Waals surface area contributed by atoms with Crippen molar-refractivity contribution >= 4 is 35.0 Å². The zero-order valence-electron chi connectivity index (χ0n) is 29.2. The molecule has 16 heteroatoms. The van der Waals surface area contributed by atoms with Crippen LogP contribution in [0.4, 0.5) is 11.4 Å². The number of aromatic nitrogens is 4. The van der Waals surface area contributed by atoms with E-state index >= 15 is 0 Å². The molecule has 4 aromatic rings. The number of nitrogens with zero attached hydrogens (tertiary/aromatic N) is 4. The quantitative estimate of drug-likeness (QED) is 0.244. The van der Waals surface area contributed by atoms with Crippen LogP contribution in [0.2, 0.25) is 0 Å². The van der Waals surface area contributed by atoms with E-state index in [2.05, 4.69) is 31.0 Å². The van der Waals surface area contributed by atoms with Crippen LogP contribution in [0.25, 0.3) is 0 Å². The van der Waals surface area contributed by atoms with Gasteiger partial charge in [-0.25, -0.2) is 0 Å². The summed E-state index contributed by atoms with van der Waals surface area (Å²) in [6.45, 7) is 4.94. The molecule has 4 atom stereocenters. The molecule has 2 unspecified atom stereocenters. The number of H-pyrrole nitrogens is 2. The lowest BCUT2D eigenvalue weighted by atomic mass is 10.0. The predicted molar refractivity (Wildman–Crippen MR) is 186 cm³/mol. The molecule has 0 saturated heterocycles. The second-order valence-corrected chi connectivity index (χ2v) is 13.0. The molecule has 0 saturated carbocycles. The highest BCUT2D eigenvalue weighted by molar-refractivity contribution is 6.04. The minimum absolute atomic E-state index is 0.0233. The summed E-state index contributed by atoms with van der Waals surface area (Å²) in [5, 5.41) is 19.5. The number of hydrogen-bond donors (Lipinski definition) is 4. The normalized spacial score (nSPS) is 22.1. The van der Waals surface area contributed by atoms with E-state index < -0.39 is 23.9 Å². The van der Waals surface area contributed by atoms with Crippen molar-refractivity contribution in [2.75, 3.05) is 43.7 Å². The molecule has 0 fully saturated rings. The third-order valence-electron chi connectivity index (χ3n) is 9.54. The number of nitrogens with one attached hydrogen (secondary N) is 4. The summed E-state index contributed by atoms with van der Waals surface area (Å²) < 4.78 is 22.5. The Kier molecular flexibility index (Phi) is 9.66. The summed E-state index contributed by atoms with van der Waals surface area (Å²) in [6, 6.07) is 13.0. The average Bonchev–Trinajstić information content (AvgIpc) is 3.74. The first-order chi connectivity index (χ1) is 25.1. The van der Waals surface area contributed by atoms with E-state index in [1.54, 1.807) is 26.2 Å². The number of ether oxygens (including phenoxy) is 4. The Bertz CT molecular complexity index is 2010. The number of aromatic amines is 2. The van der Waals surface area contributed by atoms with Crippen molar-refractivity contribution in [1.82, 2.24) is 31.0 Å². The van der Waals surface area contributed by atoms with E-state index in [1.165, 1.54) is 9.80 Å². The lowest BCUT2D eigenvalue weighted by molar-refractivity contribution is -0.121. The van der Waals surface area contributed by atoms with E-state index in [0.717, 1.165) is 22.5 Å². The Morgan fingerprint density at radius 3 is 1.90 bits per heavy atom. The Labute approximate surface area is 299 Å². The van der Waals surface area contributed by atoms with Gasteiger partial charge in [0.1, 0.15) is 36.8 Å². The van der Waals surface area contributed by atoms with E-state index in [1.807, 2.05) is 50.2 Å². The van der Waals surface area contributed by atoms with Crippen LogP contribution in [0.5, 0.6) is 11.5 Å². The summed E-state index contributed by atoms with van der Waals surface area (Å²) in [5.74, 6) is -0.0175. The fourth-order valence-corrected chi connectivity index (χ4v) is 6.64. The summed E-state index contributed by atoms with van der Waals surface area (Å²) in [5.41, 5.74) is 5.30. The molecule has 4 amide bonds. The van der Waals surface area contributed by atoms with E-state index in [4.69, 9.17) is 18.9 Å². The summed E-state index contributed by atoms with van der Waals surface area (Å²) in [6.07, 6.45) is 1.11. The zero-order chi connectivity index (χ0) is 36.5. The highest BCUT2D eigenvalue weighted by atomic mass is 16.5. The second kappa shape index (κ2) is 14.5. The lowest BCUT2D eigenvalue weighted by Crippen LogP contribution is -2.49. The molecule has 0 radical (unpaired) electrons. The van der Waals surface area contributed by atoms with Gasteiger partial charge in [-0.15, -0.1) is 0 Å². The van der Waals surface area contributed by atoms with Gasteiger partial charge in [0, 0.05) is 38.1 Å². The van der Waals surface area contributed by atoms with Crippen LogP contribution in [0.15, 0.2) is 48.5 Å². The molecule has 0 aliphatic carbocycles. The highest BCUT2D eigenvalue weighted by Gasteiger charge is 2.35. The minimum atomic E-state index is -0.787. The van der Waals surface area contributed by atoms with Crippen LogP contribution >= 0.6 is 0 Å². The Morgan fingerprint density at radius 2 is 1.31 bits per heavy atom. The SMILES string of the molecule is CC1Cc2c(C(=O)N[C@H]3COc4ccccc4N(C)C3=O)n[nH]c2CO1.CC1OCCc2c(C(=O)N[C@H]3COc4ccccc4N(C)C3=O)n[nH]c21. The van der Waals surface area contributed by atoms with Gasteiger partial charge in [-0.05, 0) is 38.1 Å². The number of carbonyl (C=O) groups is 4. The van der Waals surface area contributed by atoms with E-state index in [-0.39, 0.29) is 37.2 Å². The molecule has 272 valence electrons. The van der Waals surface area contributed by atoms with Gasteiger partial charge in [0.25, 0.3) is 23.6 Å². The van der Waals surface area contributed by atoms with Gasteiger partial charge in [0.2, 0.25) is 0 Å². The Balaban J connectivity index is 0.000000162. The van der Waals surface area contributed by atoms with Crippen LogP contribution < -0.4 is 29.9 Å². The van der Waals surface area contributed by atoms with Crippen molar-refractivity contribution in [3.63, 3.8) is 0 Å². The molecule has 2 aromatic carbocycles. The topological polar surface area (TPSA) is 193 Å². The molecule has 0 spiro atoms. The average molecular weight is 713 g/mol. The van der Waals surface area contributed by atoms with Gasteiger partial charge in [-0.1, -0.05) is 24.3 Å². The number of rotatable bonds is 4. The van der Waals surface area contributed by atoms with E-state index in [9.17, 15) is 19.2 Å². The fraction of sp³-hybridized carbons (Fsp3) is 0.389. The molecule has 4 aliphatic rings. The van der Waals surface area contributed by atoms with Gasteiger partial charge < -0.3 is 39.4 Å². The van der Waals surface area contributed by atoms with Crippen molar-refractivity contribution in [2.45, 2.75) is 57.6 Å². The Hall–Kier alpha value is -5.74. The van der Waals surface area contributed by atoms with Crippen molar-refractivity contribution in [3.8, 4) is 11.5 Å². The van der Waals surface area contributed by atoms with Gasteiger partial charge in [0.05, 0.1) is 48.2 Å². The summed E-state index contributed by atoms with van der Waals surface area (Å²) >= 11 is 0. The number of amides is 4. The maximum atomic E-state index is 12.7. The fourth-order valence-electron chi connectivity index (χ4n) is 6.64. The van der Waals surface area contributed by atoms with Gasteiger partial charge in [-0.3, -0.25) is 29.4 Å². The number of likely N-dealkylation sites (N-methyl/N-ethyl adjacent to an activating group) is 2. The standard InChI is InChI=1S/2C18H20N4O4/c1-10-7-11-12(8-25-10)20-21-16(11)17(23)19-13-9-26-15-6-4-3-5-14(15)22(2)18(13)24;1-10-15-11(7-8-25-10)16(21-20-15)17(23)19-12-9-26-14-6-4-3-5-13(14)22(2)18(12)24/h3-6,10,13H,7-9H2,1-2H3,(H,19,23)(H,20,21);3-6,10,12H,7-9H2,1-2H3,(H,19,23)(H,20,21)/t10?,13-;10?,12-/m00/s1. The molecule has 52 heavy (non-hydrogen) atoms. The first-order valence-electron chi connectivity index (χ1n) is 17.1. The summed E-state index contributed by atoms with van der Waals surface area (Å²) in [4.78, 5) is 53.9. The molecule has 2 aromatic heterocycles. The van der Waals surface area contributed by atoms with Crippen LogP contribution in [-0.4, -0.2) is 96.1 Å². The van der Waals surface area contributed by atoms with Crippen molar-refractivity contribution in [2.24, 2.45) is 0 Å². The third-order valence-corrected chi connectivity index (χ3v) is 9.54. The number of anilines is 2. The van der Waals surface area contributed by atoms with Crippen molar-refractivity contribution < 1.29 is 38.1 Å². The smallest absolute Gasteiger partial charge is 0.272 e. The minimum Gasteiger partial charge on any atom is -0.489 e. The van der Waals surface area contributed by atoms with Gasteiger partial charge >= 0.3 is 0 Å². The van der Waals surface area contributed by atoms with Gasteiger partial charge in [-0.2, -0.15) is 10.2 Å². The van der Waals surface area contributed by atoms with Crippen molar-refractivity contribution in [3.05, 3.63) is 82.4 Å². The number of para-hydroxylation sites is 4. The maximum absolute atomic E-state index is 12.7. The van der Waals surface area contributed by atoms with Crippen LogP contribution in [0.1, 0.15) is 63.4 Å². The molecule has 16 nitrogen and oxygen atoms in total. The highest BCUT2D eigenvalue weighted by Crippen LogP contribution is 2.32. The molecule has 0 bridgehead atoms. The largest absolute Gasteiger partial charge is 0.489 e. The molecular weight excluding hydrogens is 672 g/mol. The molecule has 4 aliphatic heterocycles. The summed E-state index contributed by atoms with van der Waals surface area (Å²) in [7, 11) is 3.34. The van der Waals surface area contributed by atoms with Gasteiger partial charge in [0.15, 0.2) is 11.4 Å². The monoisotopic (exact) mass is 712 g/mol. The Morgan fingerprint density at radius 1 is 0.769 bits per heavy atom. The number of fused-ring (bicyclic) bond motifs is 4. The van der Waals surface area contributed by atoms with Crippen LogP contribution in [-0.2, 0) is 38.5 Å². The van der Waals surface area contributed by atoms with Crippen LogP contribution in [0, 0.1) is 0 Å². The first kappa shape index (κ1) is 34.7. The molecule has 4 N–H and O–H groups in total. The zero-order valence-corrected chi connectivity index (χ0v) is 29.2. The predicted octanol–water partition coefficient (Wildman–Crippen LogP) is 2.22. The third kappa shape index (κ3) is 6.69. The first-order valence-corrected chi connectivity index (χ1v) is 17.1. The second-order valence-electron chi connectivity index (χ2n) is 13.0. The van der Waals surface area contributed by atoms with E-state index in [0.29, 0.717) is 60.3 Å². The maximum Gasteiger partial charge on any atom is 0.272 e. The number of benzene rings is 2. The van der Waals surface area contributed by atoms with Crippen molar-refractivity contribution in [1.29, 1.82) is 0 Å². The lowest BCUT2D eigenvalue weighted by Gasteiger charge is -2.21.